The fraction of sp³-hybridized carbons (Fsp3) is 0.0714. The van der Waals surface area contributed by atoms with Gasteiger partial charge in [-0.05, 0) is 30.3 Å². The van der Waals surface area contributed by atoms with Gasteiger partial charge in [-0.15, -0.1) is 0 Å². The van der Waals surface area contributed by atoms with Gasteiger partial charge >= 0.3 is 0 Å². The maximum atomic E-state index is 8.92. The lowest BCUT2D eigenvalue weighted by Crippen LogP contribution is -2.11. The highest BCUT2D eigenvalue weighted by atomic mass is 35.5. The maximum absolute atomic E-state index is 8.92. The van der Waals surface area contributed by atoms with Crippen LogP contribution in [0, 0.1) is 11.3 Å². The Morgan fingerprint density at radius 3 is 2.37 bits per heavy atom. The molecule has 3 nitrogen and oxygen atoms in total. The van der Waals surface area contributed by atoms with Crippen LogP contribution in [0.25, 0.3) is 0 Å². The first-order valence-corrected chi connectivity index (χ1v) is 6.27. The van der Waals surface area contributed by atoms with Crippen molar-refractivity contribution in [3.05, 3.63) is 52.0 Å². The molecule has 0 saturated carbocycles. The standard InChI is InChI=1S/C14H11Cl2N3/c1-19(11-4-2-3-9(5-11)8-17)14-12(15)6-10(18)7-13(14)16/h2-7H,18H2,1H3. The molecule has 0 aliphatic carbocycles. The summed E-state index contributed by atoms with van der Waals surface area (Å²) < 4.78 is 0. The number of benzene rings is 2. The monoisotopic (exact) mass is 291 g/mol. The van der Waals surface area contributed by atoms with Gasteiger partial charge in [0, 0.05) is 18.4 Å². The van der Waals surface area contributed by atoms with Gasteiger partial charge < -0.3 is 10.6 Å². The molecule has 0 atom stereocenters. The molecule has 0 heterocycles. The van der Waals surface area contributed by atoms with Crippen molar-refractivity contribution in [2.75, 3.05) is 17.7 Å². The van der Waals surface area contributed by atoms with E-state index >= 15 is 0 Å². The normalized spacial score (nSPS) is 10.0. The van der Waals surface area contributed by atoms with Gasteiger partial charge in [0.05, 0.1) is 27.4 Å². The minimum Gasteiger partial charge on any atom is -0.399 e. The van der Waals surface area contributed by atoms with Crippen LogP contribution in [0.1, 0.15) is 5.56 Å². The Bertz CT molecular complexity index is 639. The molecular formula is C14H11Cl2N3. The van der Waals surface area contributed by atoms with E-state index in [-0.39, 0.29) is 0 Å². The Labute approximate surface area is 121 Å². The smallest absolute Gasteiger partial charge is 0.0992 e. The molecule has 0 aliphatic rings. The summed E-state index contributed by atoms with van der Waals surface area (Å²) in [5.41, 5.74) is 8.26. The van der Waals surface area contributed by atoms with E-state index in [0.717, 1.165) is 5.69 Å². The highest BCUT2D eigenvalue weighted by Gasteiger charge is 2.13. The van der Waals surface area contributed by atoms with E-state index in [1.54, 1.807) is 24.3 Å². The minimum absolute atomic E-state index is 0.467. The Kier molecular flexibility index (Phi) is 3.84. The first kappa shape index (κ1) is 13.5. The summed E-state index contributed by atoms with van der Waals surface area (Å²) in [6.45, 7) is 0. The molecule has 0 saturated heterocycles. The molecule has 2 rings (SSSR count). The number of nitriles is 1. The number of rotatable bonds is 2. The molecule has 2 N–H and O–H groups in total. The summed E-state index contributed by atoms with van der Waals surface area (Å²) >= 11 is 12.4. The first-order chi connectivity index (χ1) is 9.02. The number of halogens is 2. The summed E-state index contributed by atoms with van der Waals surface area (Å²) in [6, 6.07) is 12.6. The molecule has 0 bridgehead atoms. The summed E-state index contributed by atoms with van der Waals surface area (Å²) in [6.07, 6.45) is 0. The van der Waals surface area contributed by atoms with Crippen molar-refractivity contribution < 1.29 is 0 Å². The van der Waals surface area contributed by atoms with Gasteiger partial charge in [-0.3, -0.25) is 0 Å². The Balaban J connectivity index is 2.50. The van der Waals surface area contributed by atoms with E-state index in [1.165, 1.54) is 0 Å². The van der Waals surface area contributed by atoms with E-state index in [4.69, 9.17) is 34.2 Å². The average molecular weight is 292 g/mol. The van der Waals surface area contributed by atoms with Crippen molar-refractivity contribution in [3.63, 3.8) is 0 Å². The van der Waals surface area contributed by atoms with Crippen molar-refractivity contribution >= 4 is 40.3 Å². The number of hydrogen-bond donors (Lipinski definition) is 1. The van der Waals surface area contributed by atoms with Crippen molar-refractivity contribution in [3.8, 4) is 6.07 Å². The summed E-state index contributed by atoms with van der Waals surface area (Å²) in [7, 11) is 1.83. The third-order valence-corrected chi connectivity index (χ3v) is 3.31. The van der Waals surface area contributed by atoms with Crippen LogP contribution in [0.4, 0.5) is 17.1 Å². The molecule has 0 aliphatic heterocycles. The van der Waals surface area contributed by atoms with Crippen LogP contribution >= 0.6 is 23.2 Å². The number of nitrogen functional groups attached to an aromatic ring is 1. The second-order valence-corrected chi connectivity index (χ2v) is 4.87. The van der Waals surface area contributed by atoms with Gasteiger partial charge in [0.1, 0.15) is 0 Å². The molecule has 0 unspecified atom stereocenters. The van der Waals surface area contributed by atoms with Crippen molar-refractivity contribution in [1.29, 1.82) is 5.26 Å². The second-order valence-electron chi connectivity index (χ2n) is 4.05. The molecule has 5 heteroatoms. The van der Waals surface area contributed by atoms with Crippen LogP contribution in [0.5, 0.6) is 0 Å². The number of anilines is 3. The SMILES string of the molecule is CN(c1cccc(C#N)c1)c1c(Cl)cc(N)cc1Cl. The topological polar surface area (TPSA) is 53.0 Å². The van der Waals surface area contributed by atoms with Gasteiger partial charge in [0.25, 0.3) is 0 Å². The molecule has 0 spiro atoms. The third-order valence-electron chi connectivity index (χ3n) is 2.74. The largest absolute Gasteiger partial charge is 0.399 e. The zero-order valence-corrected chi connectivity index (χ0v) is 11.7. The Hall–Kier alpha value is -1.89. The summed E-state index contributed by atoms with van der Waals surface area (Å²) in [4.78, 5) is 1.82. The molecule has 0 fully saturated rings. The molecule has 2 aromatic carbocycles. The lowest BCUT2D eigenvalue weighted by Gasteiger charge is -2.22. The average Bonchev–Trinajstić information content (AvgIpc) is 2.37. The zero-order valence-electron chi connectivity index (χ0n) is 10.2. The summed E-state index contributed by atoms with van der Waals surface area (Å²) in [5, 5.41) is 9.86. The molecule has 0 aromatic heterocycles. The molecule has 96 valence electrons. The van der Waals surface area contributed by atoms with Crippen LogP contribution < -0.4 is 10.6 Å². The van der Waals surface area contributed by atoms with E-state index in [0.29, 0.717) is 27.0 Å². The van der Waals surface area contributed by atoms with E-state index in [2.05, 4.69) is 6.07 Å². The van der Waals surface area contributed by atoms with E-state index < -0.39 is 0 Å². The van der Waals surface area contributed by atoms with Crippen molar-refractivity contribution in [2.45, 2.75) is 0 Å². The van der Waals surface area contributed by atoms with Crippen LogP contribution in [0.3, 0.4) is 0 Å². The Morgan fingerprint density at radius 2 is 1.79 bits per heavy atom. The molecule has 19 heavy (non-hydrogen) atoms. The fourth-order valence-electron chi connectivity index (χ4n) is 1.82. The quantitative estimate of drug-likeness (QED) is 0.843. The van der Waals surface area contributed by atoms with Crippen LogP contribution in [-0.2, 0) is 0 Å². The lowest BCUT2D eigenvalue weighted by molar-refractivity contribution is 1.21. The molecule has 0 radical (unpaired) electrons. The zero-order chi connectivity index (χ0) is 14.0. The Morgan fingerprint density at radius 1 is 1.16 bits per heavy atom. The second kappa shape index (κ2) is 5.40. The summed E-state index contributed by atoms with van der Waals surface area (Å²) in [5.74, 6) is 0. The van der Waals surface area contributed by atoms with Gasteiger partial charge in [0.15, 0.2) is 0 Å². The molecule has 2 aromatic rings. The minimum atomic E-state index is 0.467. The van der Waals surface area contributed by atoms with E-state index in [1.807, 2.05) is 24.1 Å². The lowest BCUT2D eigenvalue weighted by atomic mass is 10.2. The van der Waals surface area contributed by atoms with Gasteiger partial charge in [-0.2, -0.15) is 5.26 Å². The van der Waals surface area contributed by atoms with Crippen molar-refractivity contribution in [1.82, 2.24) is 0 Å². The highest BCUT2D eigenvalue weighted by molar-refractivity contribution is 6.39. The third kappa shape index (κ3) is 2.76. The number of hydrogen-bond acceptors (Lipinski definition) is 3. The predicted molar refractivity (Wildman–Crippen MR) is 80.1 cm³/mol. The number of nitrogens with zero attached hydrogens (tertiary/aromatic N) is 2. The van der Waals surface area contributed by atoms with Crippen LogP contribution in [-0.4, -0.2) is 7.05 Å². The van der Waals surface area contributed by atoms with Crippen LogP contribution in [0.15, 0.2) is 36.4 Å². The molecular weight excluding hydrogens is 281 g/mol. The van der Waals surface area contributed by atoms with Crippen molar-refractivity contribution in [2.24, 2.45) is 0 Å². The van der Waals surface area contributed by atoms with Gasteiger partial charge in [0.2, 0.25) is 0 Å². The maximum Gasteiger partial charge on any atom is 0.0992 e. The predicted octanol–water partition coefficient (Wildman–Crippen LogP) is 4.22. The molecule has 0 amide bonds. The van der Waals surface area contributed by atoms with Gasteiger partial charge in [-0.25, -0.2) is 0 Å². The van der Waals surface area contributed by atoms with Crippen LogP contribution in [0.2, 0.25) is 10.0 Å². The highest BCUT2D eigenvalue weighted by Crippen LogP contribution is 2.38. The first-order valence-electron chi connectivity index (χ1n) is 5.51. The number of nitrogens with two attached hydrogens (primary N) is 1. The fourth-order valence-corrected chi connectivity index (χ4v) is 2.58. The van der Waals surface area contributed by atoms with E-state index in [9.17, 15) is 0 Å². The van der Waals surface area contributed by atoms with Gasteiger partial charge in [-0.1, -0.05) is 29.3 Å².